The number of piperidine rings is 1. The smallest absolute Gasteiger partial charge is 0.246 e. The Morgan fingerprint density at radius 2 is 2.30 bits per heavy atom. The van der Waals surface area contributed by atoms with Gasteiger partial charge in [0, 0.05) is 6.42 Å². The zero-order valence-corrected chi connectivity index (χ0v) is 5.39. The molecule has 4 nitrogen and oxygen atoms in total. The fourth-order valence-corrected chi connectivity index (χ4v) is 1.40. The van der Waals surface area contributed by atoms with Crippen LogP contribution in [0.3, 0.4) is 0 Å². The SMILES string of the molecule is NC12CC1CC(=O)NC2=O. The van der Waals surface area contributed by atoms with E-state index >= 15 is 0 Å². The van der Waals surface area contributed by atoms with E-state index in [1.807, 2.05) is 0 Å². The second kappa shape index (κ2) is 1.40. The standard InChI is InChI=1S/C6H8N2O2/c7-6-2-3(6)1-4(9)8-5(6)10/h3H,1-2,7H2,(H,8,9,10). The fraction of sp³-hybridized carbons (Fsp3) is 0.667. The fourth-order valence-electron chi connectivity index (χ4n) is 1.40. The molecule has 54 valence electrons. The topological polar surface area (TPSA) is 72.2 Å². The molecule has 1 saturated heterocycles. The lowest BCUT2D eigenvalue weighted by Crippen LogP contribution is -2.50. The summed E-state index contributed by atoms with van der Waals surface area (Å²) < 4.78 is 0. The van der Waals surface area contributed by atoms with Crippen LogP contribution in [0.1, 0.15) is 12.8 Å². The van der Waals surface area contributed by atoms with Gasteiger partial charge in [-0.1, -0.05) is 0 Å². The zero-order chi connectivity index (χ0) is 7.35. The van der Waals surface area contributed by atoms with E-state index < -0.39 is 5.54 Å². The molecule has 0 aromatic rings. The molecule has 1 aliphatic heterocycles. The number of carbonyl (C=O) groups excluding carboxylic acids is 2. The van der Waals surface area contributed by atoms with Crippen molar-refractivity contribution in [2.75, 3.05) is 0 Å². The quantitative estimate of drug-likeness (QED) is 0.413. The Labute approximate surface area is 57.8 Å². The highest BCUT2D eigenvalue weighted by molar-refractivity contribution is 6.05. The summed E-state index contributed by atoms with van der Waals surface area (Å²) in [6, 6.07) is 0. The third kappa shape index (κ3) is 0.541. The first kappa shape index (κ1) is 5.85. The average Bonchev–Trinajstić information content (AvgIpc) is 2.42. The lowest BCUT2D eigenvalue weighted by atomic mass is 10.1. The monoisotopic (exact) mass is 140 g/mol. The third-order valence-corrected chi connectivity index (χ3v) is 2.26. The minimum absolute atomic E-state index is 0.119. The first-order valence-corrected chi connectivity index (χ1v) is 3.26. The number of fused-ring (bicyclic) bond motifs is 1. The normalized spacial score (nSPS) is 44.3. The van der Waals surface area contributed by atoms with E-state index in [9.17, 15) is 9.59 Å². The number of hydrogen-bond donors (Lipinski definition) is 2. The summed E-state index contributed by atoms with van der Waals surface area (Å²) in [5.74, 6) is -0.365. The van der Waals surface area contributed by atoms with Gasteiger partial charge in [0.25, 0.3) is 0 Å². The lowest BCUT2D eigenvalue weighted by Gasteiger charge is -2.15. The molecule has 1 aliphatic carbocycles. The van der Waals surface area contributed by atoms with E-state index in [2.05, 4.69) is 5.32 Å². The number of imide groups is 1. The maximum atomic E-state index is 10.9. The Morgan fingerprint density at radius 3 is 2.90 bits per heavy atom. The van der Waals surface area contributed by atoms with Crippen molar-refractivity contribution in [1.82, 2.24) is 5.32 Å². The number of rotatable bonds is 0. The highest BCUT2D eigenvalue weighted by Crippen LogP contribution is 2.45. The van der Waals surface area contributed by atoms with E-state index in [0.29, 0.717) is 12.8 Å². The van der Waals surface area contributed by atoms with Gasteiger partial charge in [0.05, 0.1) is 5.54 Å². The van der Waals surface area contributed by atoms with Crippen LogP contribution in [0.4, 0.5) is 0 Å². The number of carbonyl (C=O) groups is 2. The van der Waals surface area contributed by atoms with Crippen molar-refractivity contribution in [1.29, 1.82) is 0 Å². The van der Waals surface area contributed by atoms with Crippen molar-refractivity contribution < 1.29 is 9.59 Å². The van der Waals surface area contributed by atoms with E-state index in [1.54, 1.807) is 0 Å². The summed E-state index contributed by atoms with van der Waals surface area (Å²) in [4.78, 5) is 21.6. The molecule has 2 aliphatic rings. The zero-order valence-electron chi connectivity index (χ0n) is 5.39. The van der Waals surface area contributed by atoms with Gasteiger partial charge in [-0.05, 0) is 12.3 Å². The highest BCUT2D eigenvalue weighted by Gasteiger charge is 2.60. The van der Waals surface area contributed by atoms with Crippen LogP contribution in [0.2, 0.25) is 0 Å². The Kier molecular flexibility index (Phi) is 0.817. The van der Waals surface area contributed by atoms with Gasteiger partial charge in [-0.2, -0.15) is 0 Å². The molecule has 0 aromatic heterocycles. The van der Waals surface area contributed by atoms with Crippen LogP contribution in [0.5, 0.6) is 0 Å². The van der Waals surface area contributed by atoms with E-state index in [4.69, 9.17) is 5.73 Å². The van der Waals surface area contributed by atoms with Crippen LogP contribution in [0.25, 0.3) is 0 Å². The molecule has 2 rings (SSSR count). The average molecular weight is 140 g/mol. The van der Waals surface area contributed by atoms with Crippen molar-refractivity contribution in [3.05, 3.63) is 0 Å². The number of amides is 2. The molecule has 10 heavy (non-hydrogen) atoms. The molecule has 2 atom stereocenters. The van der Waals surface area contributed by atoms with Crippen LogP contribution in [-0.4, -0.2) is 17.4 Å². The minimum atomic E-state index is -0.687. The molecule has 2 fully saturated rings. The van der Waals surface area contributed by atoms with Crippen molar-refractivity contribution in [2.45, 2.75) is 18.4 Å². The van der Waals surface area contributed by atoms with Crippen LogP contribution < -0.4 is 11.1 Å². The van der Waals surface area contributed by atoms with Gasteiger partial charge in [0.15, 0.2) is 0 Å². The van der Waals surface area contributed by atoms with Gasteiger partial charge < -0.3 is 5.73 Å². The molecule has 0 spiro atoms. The second-order valence-electron chi connectivity index (χ2n) is 3.02. The molecule has 0 aromatic carbocycles. The van der Waals surface area contributed by atoms with Gasteiger partial charge in [-0.25, -0.2) is 0 Å². The van der Waals surface area contributed by atoms with Crippen molar-refractivity contribution in [3.63, 3.8) is 0 Å². The molecule has 2 amide bonds. The van der Waals surface area contributed by atoms with Gasteiger partial charge in [0.1, 0.15) is 0 Å². The van der Waals surface area contributed by atoms with Gasteiger partial charge in [-0.15, -0.1) is 0 Å². The van der Waals surface area contributed by atoms with Crippen LogP contribution in [0, 0.1) is 5.92 Å². The minimum Gasteiger partial charge on any atom is -0.317 e. The molecular formula is C6H8N2O2. The molecule has 0 bridgehead atoms. The highest BCUT2D eigenvalue weighted by atomic mass is 16.2. The predicted octanol–water partition coefficient (Wildman–Crippen LogP) is -1.25. The Morgan fingerprint density at radius 1 is 1.60 bits per heavy atom. The van der Waals surface area contributed by atoms with Crippen molar-refractivity contribution >= 4 is 11.8 Å². The summed E-state index contributed by atoms with van der Waals surface area (Å²) in [6.45, 7) is 0. The van der Waals surface area contributed by atoms with E-state index in [0.717, 1.165) is 0 Å². The first-order valence-electron chi connectivity index (χ1n) is 3.26. The van der Waals surface area contributed by atoms with Gasteiger partial charge >= 0.3 is 0 Å². The maximum absolute atomic E-state index is 10.9. The van der Waals surface area contributed by atoms with E-state index in [1.165, 1.54) is 0 Å². The van der Waals surface area contributed by atoms with Gasteiger partial charge in [0.2, 0.25) is 11.8 Å². The van der Waals surface area contributed by atoms with Crippen LogP contribution >= 0.6 is 0 Å². The molecule has 2 unspecified atom stereocenters. The van der Waals surface area contributed by atoms with Crippen LogP contribution in [-0.2, 0) is 9.59 Å². The molecular weight excluding hydrogens is 132 g/mol. The number of nitrogens with one attached hydrogen (secondary N) is 1. The largest absolute Gasteiger partial charge is 0.317 e. The van der Waals surface area contributed by atoms with Crippen LogP contribution in [0.15, 0.2) is 0 Å². The molecule has 1 heterocycles. The van der Waals surface area contributed by atoms with Crippen molar-refractivity contribution in [2.24, 2.45) is 11.7 Å². The second-order valence-corrected chi connectivity index (χ2v) is 3.02. The summed E-state index contributed by atoms with van der Waals surface area (Å²) in [5.41, 5.74) is 4.91. The molecule has 3 N–H and O–H groups in total. The number of hydrogen-bond acceptors (Lipinski definition) is 3. The lowest BCUT2D eigenvalue weighted by molar-refractivity contribution is -0.134. The maximum Gasteiger partial charge on any atom is 0.246 e. The molecule has 0 radical (unpaired) electrons. The predicted molar refractivity (Wildman–Crippen MR) is 32.8 cm³/mol. The summed E-state index contributed by atoms with van der Waals surface area (Å²) in [7, 11) is 0. The number of nitrogens with two attached hydrogens (primary N) is 1. The van der Waals surface area contributed by atoms with E-state index in [-0.39, 0.29) is 17.7 Å². The summed E-state index contributed by atoms with van der Waals surface area (Å²) in [5, 5.41) is 2.21. The Hall–Kier alpha value is -0.900. The molecule has 4 heteroatoms. The Bertz CT molecular complexity index is 226. The van der Waals surface area contributed by atoms with Gasteiger partial charge in [-0.3, -0.25) is 14.9 Å². The molecule has 1 saturated carbocycles. The van der Waals surface area contributed by atoms with Crippen molar-refractivity contribution in [3.8, 4) is 0 Å². The Balaban J connectivity index is 2.23. The summed E-state index contributed by atoms with van der Waals surface area (Å²) >= 11 is 0. The third-order valence-electron chi connectivity index (χ3n) is 2.26. The summed E-state index contributed by atoms with van der Waals surface area (Å²) in [6.07, 6.45) is 1.09. The first-order chi connectivity index (χ1) is 4.63.